The van der Waals surface area contributed by atoms with E-state index in [2.05, 4.69) is 0 Å². The molecule has 8 nitrogen and oxygen atoms in total. The summed E-state index contributed by atoms with van der Waals surface area (Å²) in [5.74, 6) is 0.729. The van der Waals surface area contributed by atoms with E-state index >= 15 is 0 Å². The van der Waals surface area contributed by atoms with Gasteiger partial charge in [-0.25, -0.2) is 8.42 Å². The summed E-state index contributed by atoms with van der Waals surface area (Å²) in [6.07, 6.45) is 0. The van der Waals surface area contributed by atoms with E-state index in [4.69, 9.17) is 18.9 Å². The summed E-state index contributed by atoms with van der Waals surface area (Å²) in [6.45, 7) is 10.6. The van der Waals surface area contributed by atoms with Crippen LogP contribution in [0, 0.1) is 6.92 Å². The Morgan fingerprint density at radius 3 is 1.73 bits per heavy atom. The fourth-order valence-corrected chi connectivity index (χ4v) is 5.07. The van der Waals surface area contributed by atoms with E-state index in [1.54, 1.807) is 38.1 Å². The highest BCUT2D eigenvalue weighted by Gasteiger charge is 2.33. The average Bonchev–Trinajstić information content (AvgIpc) is 2.87. The van der Waals surface area contributed by atoms with Gasteiger partial charge in [-0.3, -0.25) is 4.79 Å². The molecule has 0 saturated heterocycles. The van der Waals surface area contributed by atoms with Gasteiger partial charge in [0, 0.05) is 5.56 Å². The second kappa shape index (κ2) is 12.5. The molecule has 3 aromatic carbocycles. The number of sulfonamides is 1. The number of ether oxygens (including phenoxy) is 4. The first-order valence-electron chi connectivity index (χ1n) is 12.2. The Morgan fingerprint density at radius 1 is 0.730 bits per heavy atom. The van der Waals surface area contributed by atoms with Crippen molar-refractivity contribution in [2.45, 2.75) is 39.5 Å². The zero-order valence-corrected chi connectivity index (χ0v) is 22.6. The lowest BCUT2D eigenvalue weighted by Crippen LogP contribution is -2.37. The van der Waals surface area contributed by atoms with Gasteiger partial charge in [-0.05, 0) is 83.1 Å². The highest BCUT2D eigenvalue weighted by molar-refractivity contribution is 7.93. The normalized spacial score (nSPS) is 11.1. The summed E-state index contributed by atoms with van der Waals surface area (Å²) in [4.78, 5) is 14.0. The number of nitrogens with zero attached hydrogens (tertiary/aromatic N) is 1. The van der Waals surface area contributed by atoms with E-state index in [0.717, 1.165) is 9.87 Å². The van der Waals surface area contributed by atoms with Crippen molar-refractivity contribution in [3.8, 4) is 23.0 Å². The maximum atomic E-state index is 14.0. The summed E-state index contributed by atoms with van der Waals surface area (Å²) in [5.41, 5.74) is 1.13. The molecule has 0 spiro atoms. The van der Waals surface area contributed by atoms with Crippen molar-refractivity contribution in [3.05, 3.63) is 71.8 Å². The van der Waals surface area contributed by atoms with Gasteiger partial charge in [-0.1, -0.05) is 17.7 Å². The molecule has 0 radical (unpaired) electrons. The van der Waals surface area contributed by atoms with Gasteiger partial charge in [0.05, 0.1) is 37.0 Å². The van der Waals surface area contributed by atoms with Crippen LogP contribution in [-0.4, -0.2) is 40.8 Å². The smallest absolute Gasteiger partial charge is 0.272 e. The van der Waals surface area contributed by atoms with Gasteiger partial charge >= 0.3 is 0 Å². The molecule has 0 N–H and O–H groups in total. The van der Waals surface area contributed by atoms with Crippen molar-refractivity contribution in [2.24, 2.45) is 0 Å². The van der Waals surface area contributed by atoms with Crippen LogP contribution >= 0.6 is 0 Å². The molecule has 0 heterocycles. The molecular formula is C28H33NO7S. The summed E-state index contributed by atoms with van der Waals surface area (Å²) in [7, 11) is -4.28. The monoisotopic (exact) mass is 527 g/mol. The van der Waals surface area contributed by atoms with E-state index in [9.17, 15) is 13.2 Å². The number of benzene rings is 3. The number of amides is 1. The maximum absolute atomic E-state index is 14.0. The number of aryl methyl sites for hydroxylation is 1. The third kappa shape index (κ3) is 6.35. The molecule has 3 rings (SSSR count). The predicted octanol–water partition coefficient (Wildman–Crippen LogP) is 5.63. The molecule has 0 fully saturated rings. The molecule has 0 aliphatic carbocycles. The molecule has 37 heavy (non-hydrogen) atoms. The minimum Gasteiger partial charge on any atom is -0.494 e. The van der Waals surface area contributed by atoms with Gasteiger partial charge in [0.15, 0.2) is 11.5 Å². The molecule has 0 aliphatic heterocycles. The van der Waals surface area contributed by atoms with E-state index < -0.39 is 15.9 Å². The number of carbonyl (C=O) groups excluding carboxylic acids is 1. The highest BCUT2D eigenvalue weighted by atomic mass is 32.2. The van der Waals surface area contributed by atoms with Crippen LogP contribution in [0.4, 0.5) is 5.69 Å². The summed E-state index contributed by atoms with van der Waals surface area (Å²) in [6, 6.07) is 15.6. The van der Waals surface area contributed by atoms with Crippen molar-refractivity contribution >= 4 is 21.6 Å². The van der Waals surface area contributed by atoms with E-state index in [0.29, 0.717) is 37.9 Å². The van der Waals surface area contributed by atoms with E-state index in [1.807, 2.05) is 20.8 Å². The van der Waals surface area contributed by atoms with Crippen LogP contribution in [0.5, 0.6) is 23.0 Å². The van der Waals surface area contributed by atoms with Crippen molar-refractivity contribution < 1.29 is 32.2 Å². The Morgan fingerprint density at radius 2 is 1.24 bits per heavy atom. The lowest BCUT2D eigenvalue weighted by Gasteiger charge is -2.24. The molecule has 0 bridgehead atoms. The molecule has 0 aliphatic rings. The summed E-state index contributed by atoms with van der Waals surface area (Å²) >= 11 is 0. The molecule has 0 atom stereocenters. The molecular weight excluding hydrogens is 494 g/mol. The fourth-order valence-electron chi connectivity index (χ4n) is 3.65. The second-order valence-corrected chi connectivity index (χ2v) is 9.70. The first-order valence-corrected chi connectivity index (χ1v) is 13.7. The Bertz CT molecular complexity index is 1280. The largest absolute Gasteiger partial charge is 0.494 e. The minimum absolute atomic E-state index is 0.0127. The summed E-state index contributed by atoms with van der Waals surface area (Å²) in [5, 5.41) is 0. The highest BCUT2D eigenvalue weighted by Crippen LogP contribution is 2.40. The minimum atomic E-state index is -4.28. The third-order valence-corrected chi connectivity index (χ3v) is 7.01. The van der Waals surface area contributed by atoms with E-state index in [1.165, 1.54) is 36.4 Å². The number of anilines is 1. The second-order valence-electron chi connectivity index (χ2n) is 7.92. The molecule has 198 valence electrons. The quantitative estimate of drug-likeness (QED) is 0.302. The van der Waals surface area contributed by atoms with Crippen LogP contribution in [0.25, 0.3) is 0 Å². The predicted molar refractivity (Wildman–Crippen MR) is 143 cm³/mol. The van der Waals surface area contributed by atoms with Crippen LogP contribution in [0.2, 0.25) is 0 Å². The van der Waals surface area contributed by atoms with Crippen LogP contribution in [-0.2, 0) is 10.0 Å². The van der Waals surface area contributed by atoms with Gasteiger partial charge in [0.25, 0.3) is 15.9 Å². The fraction of sp³-hybridized carbons (Fsp3) is 0.321. The van der Waals surface area contributed by atoms with Crippen LogP contribution in [0.1, 0.15) is 43.6 Å². The zero-order valence-electron chi connectivity index (χ0n) is 21.8. The Kier molecular flexibility index (Phi) is 9.41. The lowest BCUT2D eigenvalue weighted by molar-refractivity contribution is 0.100. The summed E-state index contributed by atoms with van der Waals surface area (Å²) < 4.78 is 51.2. The number of hydrogen-bond donors (Lipinski definition) is 0. The van der Waals surface area contributed by atoms with Crippen molar-refractivity contribution in [3.63, 3.8) is 0 Å². The number of hydrogen-bond acceptors (Lipinski definition) is 7. The van der Waals surface area contributed by atoms with Crippen molar-refractivity contribution in [1.82, 2.24) is 0 Å². The third-order valence-electron chi connectivity index (χ3n) is 5.28. The van der Waals surface area contributed by atoms with Crippen LogP contribution in [0.3, 0.4) is 0 Å². The van der Waals surface area contributed by atoms with Gasteiger partial charge in [-0.2, -0.15) is 4.31 Å². The molecule has 1 amide bonds. The Labute approximate surface area is 218 Å². The number of rotatable bonds is 12. The Hall–Kier alpha value is -3.72. The van der Waals surface area contributed by atoms with Gasteiger partial charge in [-0.15, -0.1) is 0 Å². The van der Waals surface area contributed by atoms with Crippen LogP contribution < -0.4 is 23.3 Å². The first kappa shape index (κ1) is 27.9. The lowest BCUT2D eigenvalue weighted by atomic mass is 10.1. The average molecular weight is 528 g/mol. The zero-order chi connectivity index (χ0) is 27.0. The standard InChI is InChI=1S/C28H33NO7S/c1-6-33-23-14-12-22(13-15-23)29(37(31,32)24-16-10-20(5)11-17-24)28(30)21-18-25(34-7-2)27(36-9-4)26(19-21)35-8-3/h10-19H,6-9H2,1-5H3. The molecule has 3 aromatic rings. The molecule has 0 unspecified atom stereocenters. The number of carbonyl (C=O) groups is 1. The molecule has 0 saturated carbocycles. The Balaban J connectivity index is 2.20. The van der Waals surface area contributed by atoms with Gasteiger partial charge in [0.2, 0.25) is 5.75 Å². The maximum Gasteiger partial charge on any atom is 0.272 e. The SMILES string of the molecule is CCOc1ccc(N(C(=O)c2cc(OCC)c(OCC)c(OCC)c2)S(=O)(=O)c2ccc(C)cc2)cc1. The van der Waals surface area contributed by atoms with E-state index in [-0.39, 0.29) is 27.6 Å². The van der Waals surface area contributed by atoms with Crippen LogP contribution in [0.15, 0.2) is 65.6 Å². The molecule has 0 aromatic heterocycles. The topological polar surface area (TPSA) is 91.4 Å². The first-order chi connectivity index (χ1) is 17.8. The molecule has 9 heteroatoms. The van der Waals surface area contributed by atoms with Crippen molar-refractivity contribution in [1.29, 1.82) is 0 Å². The van der Waals surface area contributed by atoms with Gasteiger partial charge in [0.1, 0.15) is 5.75 Å². The van der Waals surface area contributed by atoms with Gasteiger partial charge < -0.3 is 18.9 Å². The van der Waals surface area contributed by atoms with Crippen molar-refractivity contribution in [2.75, 3.05) is 30.7 Å².